The predicted molar refractivity (Wildman–Crippen MR) is 76.9 cm³/mol. The van der Waals surface area contributed by atoms with Crippen molar-refractivity contribution in [2.45, 2.75) is 39.3 Å². The maximum atomic E-state index is 12.1. The highest BCUT2D eigenvalue weighted by Crippen LogP contribution is 2.23. The number of carbonyl (C=O) groups excluding carboxylic acids is 2. The summed E-state index contributed by atoms with van der Waals surface area (Å²) in [6, 6.07) is 0. The number of aryl methyl sites for hydroxylation is 1. The molecule has 21 heavy (non-hydrogen) atoms. The monoisotopic (exact) mass is 294 g/mol. The first kappa shape index (κ1) is 15.3. The number of nitrogens with zero attached hydrogens (tertiary/aromatic N) is 3. The average Bonchev–Trinajstić information content (AvgIpc) is 2.73. The van der Waals surface area contributed by atoms with E-state index in [1.165, 1.54) is 0 Å². The predicted octanol–water partition coefficient (Wildman–Crippen LogP) is 1.07. The Morgan fingerprint density at radius 3 is 2.57 bits per heavy atom. The molecule has 0 fully saturated rings. The number of aromatic nitrogens is 2. The first-order valence-electron chi connectivity index (χ1n) is 6.97. The van der Waals surface area contributed by atoms with Crippen molar-refractivity contribution in [2.75, 3.05) is 13.6 Å². The van der Waals surface area contributed by atoms with Gasteiger partial charge in [0.1, 0.15) is 5.60 Å². The molecule has 0 atom stereocenters. The highest BCUT2D eigenvalue weighted by atomic mass is 16.6. The molecular formula is C14H22N4O3. The number of nitrogens with one attached hydrogen (secondary N) is 1. The molecule has 1 aromatic rings. The van der Waals surface area contributed by atoms with Crippen molar-refractivity contribution in [1.29, 1.82) is 0 Å². The second kappa shape index (κ2) is 5.38. The summed E-state index contributed by atoms with van der Waals surface area (Å²) in [5.41, 5.74) is 1.72. The summed E-state index contributed by atoms with van der Waals surface area (Å²) in [6.07, 6.45) is 0.265. The highest BCUT2D eigenvalue weighted by molar-refractivity contribution is 5.93. The van der Waals surface area contributed by atoms with E-state index in [-0.39, 0.29) is 12.0 Å². The van der Waals surface area contributed by atoms with E-state index in [2.05, 4.69) is 10.4 Å². The van der Waals surface area contributed by atoms with Crippen LogP contribution in [0.5, 0.6) is 0 Å². The minimum atomic E-state index is -0.517. The van der Waals surface area contributed by atoms with Crippen molar-refractivity contribution in [3.8, 4) is 0 Å². The van der Waals surface area contributed by atoms with Crippen molar-refractivity contribution < 1.29 is 14.3 Å². The Morgan fingerprint density at radius 2 is 2.00 bits per heavy atom. The first-order valence-corrected chi connectivity index (χ1v) is 6.97. The third-order valence-electron chi connectivity index (χ3n) is 3.34. The Morgan fingerprint density at radius 1 is 1.33 bits per heavy atom. The van der Waals surface area contributed by atoms with Crippen molar-refractivity contribution in [3.63, 3.8) is 0 Å². The van der Waals surface area contributed by atoms with Crippen LogP contribution in [0.3, 0.4) is 0 Å². The van der Waals surface area contributed by atoms with E-state index in [1.807, 2.05) is 20.8 Å². The van der Waals surface area contributed by atoms with Gasteiger partial charge in [0.25, 0.3) is 5.91 Å². The fraction of sp³-hybridized carbons (Fsp3) is 0.643. The lowest BCUT2D eigenvalue weighted by Crippen LogP contribution is -2.40. The molecule has 0 saturated heterocycles. The van der Waals surface area contributed by atoms with Gasteiger partial charge in [-0.05, 0) is 27.2 Å². The van der Waals surface area contributed by atoms with Crippen molar-refractivity contribution >= 4 is 12.0 Å². The van der Waals surface area contributed by atoms with Gasteiger partial charge in [0, 0.05) is 26.2 Å². The molecule has 1 aliphatic heterocycles. The van der Waals surface area contributed by atoms with Crippen LogP contribution in [0.25, 0.3) is 0 Å². The molecule has 0 unspecified atom stereocenters. The van der Waals surface area contributed by atoms with Gasteiger partial charge < -0.3 is 15.0 Å². The molecule has 2 rings (SSSR count). The first-order chi connectivity index (χ1) is 9.73. The standard InChI is InChI=1S/C14H22N4O3/c1-14(2,3)21-13(20)18-7-6-9-10(8-18)17(5)16-11(9)12(19)15-4/h6-8H2,1-5H3,(H,15,19). The van der Waals surface area contributed by atoms with Crippen LogP contribution in [0.2, 0.25) is 0 Å². The maximum Gasteiger partial charge on any atom is 0.410 e. The third-order valence-corrected chi connectivity index (χ3v) is 3.34. The van der Waals surface area contributed by atoms with E-state index in [9.17, 15) is 9.59 Å². The van der Waals surface area contributed by atoms with Gasteiger partial charge in [-0.25, -0.2) is 4.79 Å². The minimum Gasteiger partial charge on any atom is -0.444 e. The fourth-order valence-corrected chi connectivity index (χ4v) is 2.35. The quantitative estimate of drug-likeness (QED) is 0.840. The number of amides is 2. The summed E-state index contributed by atoms with van der Waals surface area (Å²) in [7, 11) is 3.36. The van der Waals surface area contributed by atoms with Gasteiger partial charge in [0.15, 0.2) is 5.69 Å². The molecule has 2 amide bonds. The maximum absolute atomic E-state index is 12.1. The van der Waals surface area contributed by atoms with Gasteiger partial charge in [-0.15, -0.1) is 0 Å². The van der Waals surface area contributed by atoms with Gasteiger partial charge in [-0.1, -0.05) is 0 Å². The van der Waals surface area contributed by atoms with Crippen LogP contribution < -0.4 is 5.32 Å². The van der Waals surface area contributed by atoms with E-state index in [4.69, 9.17) is 4.74 Å². The highest BCUT2D eigenvalue weighted by Gasteiger charge is 2.30. The molecule has 0 saturated carbocycles. The van der Waals surface area contributed by atoms with Crippen LogP contribution in [0, 0.1) is 0 Å². The fourth-order valence-electron chi connectivity index (χ4n) is 2.35. The number of rotatable bonds is 1. The summed E-state index contributed by atoms with van der Waals surface area (Å²) >= 11 is 0. The average molecular weight is 294 g/mol. The largest absolute Gasteiger partial charge is 0.444 e. The third kappa shape index (κ3) is 3.17. The molecule has 0 aliphatic carbocycles. The number of ether oxygens (including phenoxy) is 1. The van der Waals surface area contributed by atoms with Gasteiger partial charge in [0.05, 0.1) is 12.2 Å². The van der Waals surface area contributed by atoms with E-state index in [0.717, 1.165) is 11.3 Å². The minimum absolute atomic E-state index is 0.197. The van der Waals surface area contributed by atoms with Crippen molar-refractivity contribution in [2.24, 2.45) is 7.05 Å². The molecule has 7 nitrogen and oxygen atoms in total. The van der Waals surface area contributed by atoms with E-state index in [1.54, 1.807) is 23.7 Å². The molecule has 7 heteroatoms. The molecule has 1 N–H and O–H groups in total. The summed E-state index contributed by atoms with van der Waals surface area (Å²) < 4.78 is 7.05. The summed E-state index contributed by atoms with van der Waals surface area (Å²) in [5, 5.41) is 6.85. The smallest absolute Gasteiger partial charge is 0.410 e. The second-order valence-corrected chi connectivity index (χ2v) is 6.13. The summed E-state index contributed by atoms with van der Waals surface area (Å²) in [6.45, 7) is 6.46. The van der Waals surface area contributed by atoms with Crippen molar-refractivity contribution in [3.05, 3.63) is 17.0 Å². The lowest BCUT2D eigenvalue weighted by atomic mass is 10.0. The van der Waals surface area contributed by atoms with Crippen LogP contribution in [-0.4, -0.2) is 45.9 Å². The van der Waals surface area contributed by atoms with Crippen LogP contribution >= 0.6 is 0 Å². The second-order valence-electron chi connectivity index (χ2n) is 6.13. The zero-order valence-electron chi connectivity index (χ0n) is 13.2. The number of hydrogen-bond acceptors (Lipinski definition) is 4. The van der Waals surface area contributed by atoms with Crippen LogP contribution in [-0.2, 0) is 24.8 Å². The molecule has 116 valence electrons. The Bertz CT molecular complexity index is 572. The zero-order valence-corrected chi connectivity index (χ0v) is 13.2. The Hall–Kier alpha value is -2.05. The van der Waals surface area contributed by atoms with Gasteiger partial charge in [-0.3, -0.25) is 9.48 Å². The number of fused-ring (bicyclic) bond motifs is 1. The molecule has 1 aliphatic rings. The van der Waals surface area contributed by atoms with E-state index >= 15 is 0 Å². The van der Waals surface area contributed by atoms with Gasteiger partial charge in [-0.2, -0.15) is 5.10 Å². The Labute approximate surface area is 124 Å². The topological polar surface area (TPSA) is 76.5 Å². The molecule has 2 heterocycles. The van der Waals surface area contributed by atoms with Crippen LogP contribution in [0.1, 0.15) is 42.5 Å². The molecule has 0 spiro atoms. The molecule has 0 radical (unpaired) electrons. The van der Waals surface area contributed by atoms with Crippen molar-refractivity contribution in [1.82, 2.24) is 20.0 Å². The molecule has 1 aromatic heterocycles. The Kier molecular flexibility index (Phi) is 3.93. The molecule has 0 bridgehead atoms. The normalized spacial score (nSPS) is 14.6. The molecular weight excluding hydrogens is 272 g/mol. The number of carbonyl (C=O) groups is 2. The van der Waals surface area contributed by atoms with E-state index < -0.39 is 5.60 Å². The Balaban J connectivity index is 2.20. The van der Waals surface area contributed by atoms with Gasteiger partial charge in [0.2, 0.25) is 0 Å². The molecule has 0 aromatic carbocycles. The van der Waals surface area contributed by atoms with Crippen LogP contribution in [0.4, 0.5) is 4.79 Å². The lowest BCUT2D eigenvalue weighted by molar-refractivity contribution is 0.0219. The summed E-state index contributed by atoms with van der Waals surface area (Å²) in [4.78, 5) is 25.6. The van der Waals surface area contributed by atoms with Gasteiger partial charge >= 0.3 is 6.09 Å². The number of hydrogen-bond donors (Lipinski definition) is 1. The SMILES string of the molecule is CNC(=O)c1nn(C)c2c1CCN(C(=O)OC(C)(C)C)C2. The zero-order chi connectivity index (χ0) is 15.8. The summed E-state index contributed by atoms with van der Waals surface area (Å²) in [5.74, 6) is -0.197. The van der Waals surface area contributed by atoms with Crippen LogP contribution in [0.15, 0.2) is 0 Å². The lowest BCUT2D eigenvalue weighted by Gasteiger charge is -2.30. The van der Waals surface area contributed by atoms with E-state index in [0.29, 0.717) is 25.2 Å².